The standard InChI is InChI=1S/C22H23N5O2S/c1-12(2)21-25-27-19(23)16(20(28)24-22(27)30-21)11-15-10-13(3)26(14(15)4)17-8-6-7-9-18(17)29-5/h6-12,23H,1-5H3. The molecule has 1 N–H and O–H groups in total. The lowest BCUT2D eigenvalue weighted by Crippen LogP contribution is -2.35. The Morgan fingerprint density at radius 1 is 1.23 bits per heavy atom. The average molecular weight is 422 g/mol. The van der Waals surface area contributed by atoms with Crippen molar-refractivity contribution in [2.45, 2.75) is 27.7 Å². The quantitative estimate of drug-likeness (QED) is 0.743. The third kappa shape index (κ3) is 3.27. The first-order valence-electron chi connectivity index (χ1n) is 9.64. The van der Waals surface area contributed by atoms with Gasteiger partial charge in [0.1, 0.15) is 10.8 Å². The van der Waals surface area contributed by atoms with Gasteiger partial charge in [0.15, 0.2) is 5.84 Å². The highest BCUT2D eigenvalue weighted by Crippen LogP contribution is 2.32. The number of rotatable bonds is 4. The molecule has 1 aromatic heterocycles. The highest BCUT2D eigenvalue weighted by Gasteiger charge is 2.36. The maximum atomic E-state index is 12.7. The maximum absolute atomic E-state index is 12.7. The highest BCUT2D eigenvalue weighted by molar-refractivity contribution is 8.27. The van der Waals surface area contributed by atoms with Crippen LogP contribution in [0.15, 0.2) is 46.0 Å². The number of amidine groups is 2. The van der Waals surface area contributed by atoms with Crippen LogP contribution >= 0.6 is 11.8 Å². The molecule has 0 spiro atoms. The van der Waals surface area contributed by atoms with Crippen LogP contribution in [0.4, 0.5) is 0 Å². The van der Waals surface area contributed by atoms with Crippen LogP contribution in [0.25, 0.3) is 11.8 Å². The van der Waals surface area contributed by atoms with Gasteiger partial charge in [-0.3, -0.25) is 10.2 Å². The molecule has 0 radical (unpaired) electrons. The van der Waals surface area contributed by atoms with Gasteiger partial charge >= 0.3 is 0 Å². The number of fused-ring (bicyclic) bond motifs is 1. The molecule has 2 aliphatic rings. The molecular weight excluding hydrogens is 398 g/mol. The fourth-order valence-electron chi connectivity index (χ4n) is 3.51. The molecule has 30 heavy (non-hydrogen) atoms. The van der Waals surface area contributed by atoms with Gasteiger partial charge in [-0.05, 0) is 55.4 Å². The lowest BCUT2D eigenvalue weighted by Gasteiger charge is -2.20. The number of hydrogen-bond donors (Lipinski definition) is 1. The molecule has 3 heterocycles. The fourth-order valence-corrected chi connectivity index (χ4v) is 4.41. The van der Waals surface area contributed by atoms with Crippen LogP contribution in [0.1, 0.15) is 30.8 Å². The SMILES string of the molecule is COc1ccccc1-n1c(C)cc(C=C2C(=N)N3N=C(C(C)C)SC3=NC2=O)c1C. The molecule has 0 unspecified atom stereocenters. The molecule has 0 saturated carbocycles. The number of para-hydroxylation sites is 2. The van der Waals surface area contributed by atoms with Crippen molar-refractivity contribution < 1.29 is 9.53 Å². The number of hydrazone groups is 1. The molecule has 2 aromatic rings. The smallest absolute Gasteiger partial charge is 0.283 e. The van der Waals surface area contributed by atoms with Gasteiger partial charge in [-0.2, -0.15) is 15.1 Å². The summed E-state index contributed by atoms with van der Waals surface area (Å²) < 4.78 is 7.59. The molecule has 0 atom stereocenters. The van der Waals surface area contributed by atoms with E-state index in [4.69, 9.17) is 10.1 Å². The van der Waals surface area contributed by atoms with Crippen molar-refractivity contribution in [2.24, 2.45) is 16.0 Å². The van der Waals surface area contributed by atoms with Crippen LogP contribution < -0.4 is 4.74 Å². The van der Waals surface area contributed by atoms with Crippen molar-refractivity contribution in [3.05, 3.63) is 52.9 Å². The molecular formula is C22H23N5O2S. The third-order valence-electron chi connectivity index (χ3n) is 5.06. The minimum Gasteiger partial charge on any atom is -0.495 e. The van der Waals surface area contributed by atoms with Crippen molar-refractivity contribution in [3.63, 3.8) is 0 Å². The van der Waals surface area contributed by atoms with Crippen molar-refractivity contribution >= 4 is 39.8 Å². The number of benzene rings is 1. The minimum atomic E-state index is -0.416. The first-order valence-corrected chi connectivity index (χ1v) is 10.5. The highest BCUT2D eigenvalue weighted by atomic mass is 32.2. The summed E-state index contributed by atoms with van der Waals surface area (Å²) in [5.41, 5.74) is 3.95. The summed E-state index contributed by atoms with van der Waals surface area (Å²) in [5, 5.41) is 15.8. The summed E-state index contributed by atoms with van der Waals surface area (Å²) in [4.78, 5) is 16.9. The summed E-state index contributed by atoms with van der Waals surface area (Å²) in [5.74, 6) is 0.605. The van der Waals surface area contributed by atoms with Crippen LogP contribution in [0.2, 0.25) is 0 Å². The Morgan fingerprint density at radius 3 is 2.67 bits per heavy atom. The van der Waals surface area contributed by atoms with E-state index in [1.54, 1.807) is 13.2 Å². The molecule has 0 aliphatic carbocycles. The molecule has 1 amide bonds. The number of nitrogens with zero attached hydrogens (tertiary/aromatic N) is 4. The van der Waals surface area contributed by atoms with Crippen molar-refractivity contribution in [1.82, 2.24) is 9.58 Å². The van der Waals surface area contributed by atoms with E-state index in [0.29, 0.717) is 5.17 Å². The molecule has 8 heteroatoms. The van der Waals surface area contributed by atoms with E-state index >= 15 is 0 Å². The molecule has 1 aromatic carbocycles. The largest absolute Gasteiger partial charge is 0.495 e. The molecule has 154 valence electrons. The second-order valence-electron chi connectivity index (χ2n) is 7.45. The van der Waals surface area contributed by atoms with Gasteiger partial charge < -0.3 is 9.30 Å². The number of carbonyl (C=O) groups excluding carboxylic acids is 1. The minimum absolute atomic E-state index is 0.0512. The summed E-state index contributed by atoms with van der Waals surface area (Å²) in [6.45, 7) is 8.04. The number of ether oxygens (including phenoxy) is 1. The third-order valence-corrected chi connectivity index (χ3v) is 6.27. The van der Waals surface area contributed by atoms with Gasteiger partial charge in [-0.25, -0.2) is 0 Å². The Bertz CT molecular complexity index is 1160. The zero-order chi connectivity index (χ0) is 21.6. The van der Waals surface area contributed by atoms with Gasteiger partial charge in [-0.15, -0.1) is 0 Å². The van der Waals surface area contributed by atoms with Gasteiger partial charge in [0, 0.05) is 17.3 Å². The van der Waals surface area contributed by atoms with Crippen LogP contribution in [0.3, 0.4) is 0 Å². The lowest BCUT2D eigenvalue weighted by molar-refractivity contribution is -0.114. The normalized spacial score (nSPS) is 17.5. The summed E-state index contributed by atoms with van der Waals surface area (Å²) in [7, 11) is 1.65. The first-order chi connectivity index (χ1) is 14.3. The number of hydrogen-bond acceptors (Lipinski definition) is 5. The topological polar surface area (TPSA) is 83.0 Å². The van der Waals surface area contributed by atoms with E-state index in [1.165, 1.54) is 16.8 Å². The number of methoxy groups -OCH3 is 1. The van der Waals surface area contributed by atoms with E-state index in [1.807, 2.05) is 58.0 Å². The van der Waals surface area contributed by atoms with Crippen molar-refractivity contribution in [3.8, 4) is 11.4 Å². The predicted molar refractivity (Wildman–Crippen MR) is 122 cm³/mol. The van der Waals surface area contributed by atoms with Crippen molar-refractivity contribution in [2.75, 3.05) is 7.11 Å². The second kappa shape index (κ2) is 7.60. The van der Waals surface area contributed by atoms with E-state index in [-0.39, 0.29) is 17.3 Å². The van der Waals surface area contributed by atoms with Crippen LogP contribution in [0, 0.1) is 25.2 Å². The number of nitrogens with one attached hydrogen (secondary N) is 1. The summed E-state index contributed by atoms with van der Waals surface area (Å²) >= 11 is 1.35. The Morgan fingerprint density at radius 2 is 1.97 bits per heavy atom. The maximum Gasteiger partial charge on any atom is 0.283 e. The van der Waals surface area contributed by atoms with E-state index in [2.05, 4.69) is 14.7 Å². The number of carbonyl (C=O) groups is 1. The zero-order valence-corrected chi connectivity index (χ0v) is 18.4. The average Bonchev–Trinajstić information content (AvgIpc) is 3.26. The predicted octanol–water partition coefficient (Wildman–Crippen LogP) is 4.38. The summed E-state index contributed by atoms with van der Waals surface area (Å²) in [6.07, 6.45) is 1.73. The molecule has 7 nitrogen and oxygen atoms in total. The second-order valence-corrected chi connectivity index (χ2v) is 8.43. The number of aromatic nitrogens is 1. The molecule has 0 bridgehead atoms. The zero-order valence-electron chi connectivity index (χ0n) is 17.6. The van der Waals surface area contributed by atoms with Crippen molar-refractivity contribution in [1.29, 1.82) is 5.41 Å². The van der Waals surface area contributed by atoms with Crippen LogP contribution in [0.5, 0.6) is 5.75 Å². The van der Waals surface area contributed by atoms with Crippen LogP contribution in [-0.4, -0.2) is 38.6 Å². The molecule has 4 rings (SSSR count). The first kappa shape index (κ1) is 20.2. The molecule has 2 aliphatic heterocycles. The van der Waals surface area contributed by atoms with E-state index in [0.717, 1.165) is 33.4 Å². The number of thioether (sulfide) groups is 1. The van der Waals surface area contributed by atoms with Gasteiger partial charge in [0.25, 0.3) is 5.91 Å². The monoisotopic (exact) mass is 421 g/mol. The van der Waals surface area contributed by atoms with E-state index < -0.39 is 5.91 Å². The Kier molecular flexibility index (Phi) is 5.11. The number of aryl methyl sites for hydroxylation is 1. The van der Waals surface area contributed by atoms with Gasteiger partial charge in [-0.1, -0.05) is 26.0 Å². The number of amides is 1. The fraction of sp³-hybridized carbons (Fsp3) is 0.273. The molecule has 0 fully saturated rings. The van der Waals surface area contributed by atoms with E-state index in [9.17, 15) is 4.79 Å². The van der Waals surface area contributed by atoms with Gasteiger partial charge in [0.05, 0.1) is 18.4 Å². The lowest BCUT2D eigenvalue weighted by atomic mass is 10.1. The Hall–Kier alpha value is -3.13. The summed E-state index contributed by atoms with van der Waals surface area (Å²) in [6, 6.07) is 9.79. The van der Waals surface area contributed by atoms with Crippen LogP contribution in [-0.2, 0) is 4.79 Å². The molecule has 0 saturated heterocycles. The Labute approximate surface area is 179 Å². The number of aliphatic imine (C=N–C) groups is 1. The Balaban J connectivity index is 1.76. The van der Waals surface area contributed by atoms with Gasteiger partial charge in [0.2, 0.25) is 5.17 Å².